The van der Waals surface area contributed by atoms with Crippen molar-refractivity contribution < 1.29 is 19.1 Å². The second-order valence-corrected chi connectivity index (χ2v) is 3.98. The lowest BCUT2D eigenvalue weighted by molar-refractivity contribution is -0.144. The standard InChI is InChI=1S/C10H19NO4/c1-5-14-9(13)6-11-8(12)7-15-10(2,3)4/h5-7H2,1-4H3,(H,11,12). The van der Waals surface area contributed by atoms with Crippen molar-refractivity contribution in [2.75, 3.05) is 19.8 Å². The second kappa shape index (κ2) is 6.40. The maximum absolute atomic E-state index is 11.2. The molecule has 0 unspecified atom stereocenters. The largest absolute Gasteiger partial charge is 0.465 e. The van der Waals surface area contributed by atoms with Crippen LogP contribution >= 0.6 is 0 Å². The quantitative estimate of drug-likeness (QED) is 0.680. The van der Waals surface area contributed by atoms with Gasteiger partial charge in [-0.15, -0.1) is 0 Å². The first-order chi connectivity index (χ1) is 6.85. The van der Waals surface area contributed by atoms with E-state index < -0.39 is 5.97 Å². The zero-order chi connectivity index (χ0) is 11.9. The van der Waals surface area contributed by atoms with E-state index in [9.17, 15) is 9.59 Å². The van der Waals surface area contributed by atoms with Gasteiger partial charge in [0.2, 0.25) is 5.91 Å². The van der Waals surface area contributed by atoms with E-state index in [0.717, 1.165) is 0 Å². The molecule has 1 N–H and O–H groups in total. The number of nitrogens with one attached hydrogen (secondary N) is 1. The topological polar surface area (TPSA) is 64.6 Å². The lowest BCUT2D eigenvalue weighted by Gasteiger charge is -2.18. The van der Waals surface area contributed by atoms with Crippen molar-refractivity contribution >= 4 is 11.9 Å². The Morgan fingerprint density at radius 3 is 2.33 bits per heavy atom. The number of carbonyl (C=O) groups excluding carboxylic acids is 2. The molecule has 0 radical (unpaired) electrons. The molecule has 0 aliphatic carbocycles. The van der Waals surface area contributed by atoms with E-state index in [1.807, 2.05) is 20.8 Å². The minimum Gasteiger partial charge on any atom is -0.465 e. The Labute approximate surface area is 90.1 Å². The SMILES string of the molecule is CCOC(=O)CNC(=O)COC(C)(C)C. The number of hydrogen-bond acceptors (Lipinski definition) is 4. The number of ether oxygens (including phenoxy) is 2. The fourth-order valence-corrected chi connectivity index (χ4v) is 0.716. The Morgan fingerprint density at radius 2 is 1.87 bits per heavy atom. The monoisotopic (exact) mass is 217 g/mol. The van der Waals surface area contributed by atoms with Gasteiger partial charge in [-0.3, -0.25) is 9.59 Å². The van der Waals surface area contributed by atoms with Crippen LogP contribution in [0.25, 0.3) is 0 Å². The smallest absolute Gasteiger partial charge is 0.325 e. The van der Waals surface area contributed by atoms with Gasteiger partial charge in [-0.05, 0) is 27.7 Å². The summed E-state index contributed by atoms with van der Waals surface area (Å²) >= 11 is 0. The summed E-state index contributed by atoms with van der Waals surface area (Å²) in [6.45, 7) is 7.42. The average molecular weight is 217 g/mol. The molecule has 0 bridgehead atoms. The minimum atomic E-state index is -0.443. The molecular formula is C10H19NO4. The van der Waals surface area contributed by atoms with Crippen LogP contribution < -0.4 is 5.32 Å². The molecule has 88 valence electrons. The minimum absolute atomic E-state index is 0.0527. The van der Waals surface area contributed by atoms with Crippen LogP contribution in [-0.4, -0.2) is 37.2 Å². The second-order valence-electron chi connectivity index (χ2n) is 3.98. The molecule has 0 aromatic carbocycles. The first-order valence-corrected chi connectivity index (χ1v) is 4.91. The van der Waals surface area contributed by atoms with Crippen LogP contribution in [0.1, 0.15) is 27.7 Å². The maximum atomic E-state index is 11.2. The number of amides is 1. The van der Waals surface area contributed by atoms with Crippen LogP contribution in [0, 0.1) is 0 Å². The van der Waals surface area contributed by atoms with Crippen LogP contribution in [0.5, 0.6) is 0 Å². The summed E-state index contributed by atoms with van der Waals surface area (Å²) in [5.41, 5.74) is -0.360. The fourth-order valence-electron chi connectivity index (χ4n) is 0.716. The van der Waals surface area contributed by atoms with E-state index in [1.165, 1.54) is 0 Å². The molecule has 5 nitrogen and oxygen atoms in total. The molecule has 0 fully saturated rings. The first kappa shape index (κ1) is 13.9. The van der Waals surface area contributed by atoms with Gasteiger partial charge in [-0.1, -0.05) is 0 Å². The zero-order valence-electron chi connectivity index (χ0n) is 9.75. The Balaban J connectivity index is 3.62. The summed E-state index contributed by atoms with van der Waals surface area (Å²) in [7, 11) is 0. The average Bonchev–Trinajstić information content (AvgIpc) is 2.11. The molecule has 0 aliphatic heterocycles. The van der Waals surface area contributed by atoms with Crippen LogP contribution in [0.2, 0.25) is 0 Å². The van der Waals surface area contributed by atoms with Crippen molar-refractivity contribution in [2.24, 2.45) is 0 Å². The lowest BCUT2D eigenvalue weighted by Crippen LogP contribution is -2.35. The van der Waals surface area contributed by atoms with Crippen LogP contribution in [0.3, 0.4) is 0 Å². The molecule has 0 rings (SSSR count). The van der Waals surface area contributed by atoms with Gasteiger partial charge in [-0.25, -0.2) is 0 Å². The summed E-state index contributed by atoms with van der Waals surface area (Å²) in [4.78, 5) is 22.0. The van der Waals surface area contributed by atoms with Crippen LogP contribution in [0.4, 0.5) is 0 Å². The number of esters is 1. The fraction of sp³-hybridized carbons (Fsp3) is 0.800. The molecular weight excluding hydrogens is 198 g/mol. The Hall–Kier alpha value is -1.10. The molecule has 0 saturated carbocycles. The van der Waals surface area contributed by atoms with Crippen LogP contribution in [0.15, 0.2) is 0 Å². The highest BCUT2D eigenvalue weighted by atomic mass is 16.5. The highest BCUT2D eigenvalue weighted by Gasteiger charge is 2.13. The molecule has 0 aromatic rings. The predicted octanol–water partition coefficient (Wildman–Crippen LogP) is 0.481. The van der Waals surface area contributed by atoms with E-state index in [0.29, 0.717) is 6.61 Å². The van der Waals surface area contributed by atoms with Crippen molar-refractivity contribution in [3.63, 3.8) is 0 Å². The first-order valence-electron chi connectivity index (χ1n) is 4.91. The van der Waals surface area contributed by atoms with Crippen molar-refractivity contribution in [3.05, 3.63) is 0 Å². The molecule has 0 saturated heterocycles. The van der Waals surface area contributed by atoms with E-state index in [-0.39, 0.29) is 24.7 Å². The van der Waals surface area contributed by atoms with Gasteiger partial charge in [0, 0.05) is 0 Å². The van der Waals surface area contributed by atoms with E-state index in [1.54, 1.807) is 6.92 Å². The third-order valence-corrected chi connectivity index (χ3v) is 1.37. The lowest BCUT2D eigenvalue weighted by atomic mass is 10.2. The third-order valence-electron chi connectivity index (χ3n) is 1.37. The van der Waals surface area contributed by atoms with Gasteiger partial charge >= 0.3 is 5.97 Å². The highest BCUT2D eigenvalue weighted by Crippen LogP contribution is 2.05. The summed E-state index contributed by atoms with van der Waals surface area (Å²) in [5, 5.41) is 2.40. The maximum Gasteiger partial charge on any atom is 0.325 e. The van der Waals surface area contributed by atoms with Gasteiger partial charge in [0.25, 0.3) is 0 Å². The van der Waals surface area contributed by atoms with Gasteiger partial charge in [0.15, 0.2) is 0 Å². The molecule has 15 heavy (non-hydrogen) atoms. The molecule has 0 aromatic heterocycles. The molecule has 0 atom stereocenters. The Bertz CT molecular complexity index is 220. The van der Waals surface area contributed by atoms with Gasteiger partial charge in [0.1, 0.15) is 13.2 Å². The molecule has 0 aliphatic rings. The zero-order valence-corrected chi connectivity index (χ0v) is 9.75. The Kier molecular flexibility index (Phi) is 5.93. The predicted molar refractivity (Wildman–Crippen MR) is 55.3 cm³/mol. The van der Waals surface area contributed by atoms with Crippen molar-refractivity contribution in [1.29, 1.82) is 0 Å². The summed E-state index contributed by atoms with van der Waals surface area (Å²) in [6.07, 6.45) is 0. The molecule has 0 spiro atoms. The number of hydrogen-bond donors (Lipinski definition) is 1. The van der Waals surface area contributed by atoms with E-state index >= 15 is 0 Å². The molecule has 0 heterocycles. The van der Waals surface area contributed by atoms with Gasteiger partial charge < -0.3 is 14.8 Å². The normalized spacial score (nSPS) is 10.9. The number of rotatable bonds is 5. The third kappa shape index (κ3) is 9.21. The number of carbonyl (C=O) groups is 2. The summed E-state index contributed by atoms with van der Waals surface area (Å²) in [5.74, 6) is -0.764. The van der Waals surface area contributed by atoms with Gasteiger partial charge in [0.05, 0.1) is 12.2 Å². The van der Waals surface area contributed by atoms with E-state index in [2.05, 4.69) is 10.1 Å². The van der Waals surface area contributed by atoms with E-state index in [4.69, 9.17) is 4.74 Å². The van der Waals surface area contributed by atoms with Crippen molar-refractivity contribution in [3.8, 4) is 0 Å². The molecule has 5 heteroatoms. The van der Waals surface area contributed by atoms with Crippen molar-refractivity contribution in [1.82, 2.24) is 5.32 Å². The highest BCUT2D eigenvalue weighted by molar-refractivity contribution is 5.82. The molecule has 1 amide bonds. The van der Waals surface area contributed by atoms with Crippen LogP contribution in [-0.2, 0) is 19.1 Å². The summed E-state index contributed by atoms with van der Waals surface area (Å²) in [6, 6.07) is 0. The Morgan fingerprint density at radius 1 is 1.27 bits per heavy atom. The van der Waals surface area contributed by atoms with Crippen molar-refractivity contribution in [2.45, 2.75) is 33.3 Å². The van der Waals surface area contributed by atoms with Gasteiger partial charge in [-0.2, -0.15) is 0 Å². The summed E-state index contributed by atoms with van der Waals surface area (Å²) < 4.78 is 9.86.